The Morgan fingerprint density at radius 3 is 2.68 bits per heavy atom. The van der Waals surface area contributed by atoms with Gasteiger partial charge in [0.05, 0.1) is 54.2 Å². The fourth-order valence-electron chi connectivity index (χ4n) is 4.41. The lowest BCUT2D eigenvalue weighted by Crippen LogP contribution is -2.22. The molecule has 0 bridgehead atoms. The minimum absolute atomic E-state index is 0.116. The minimum atomic E-state index is -1.04. The van der Waals surface area contributed by atoms with Crippen LogP contribution in [0.4, 0.5) is 11.4 Å². The van der Waals surface area contributed by atoms with Gasteiger partial charge in [-0.2, -0.15) is 4.98 Å². The Hall–Kier alpha value is -4.13. The lowest BCUT2D eigenvalue weighted by molar-refractivity contribution is 0.0696. The van der Waals surface area contributed by atoms with Crippen molar-refractivity contribution >= 4 is 40.2 Å². The van der Waals surface area contributed by atoms with Gasteiger partial charge in [-0.1, -0.05) is 12.1 Å². The minimum Gasteiger partial charge on any atom is -0.491 e. The smallest absolute Gasteiger partial charge is 0.335 e. The molecule has 1 fully saturated rings. The van der Waals surface area contributed by atoms with Gasteiger partial charge < -0.3 is 29.4 Å². The number of aromatic carboxylic acids is 1. The number of anilines is 2. The van der Waals surface area contributed by atoms with Gasteiger partial charge in [0.1, 0.15) is 5.75 Å². The zero-order valence-corrected chi connectivity index (χ0v) is 23.9. The van der Waals surface area contributed by atoms with Crippen molar-refractivity contribution in [2.24, 2.45) is 0 Å². The molecule has 0 radical (unpaired) electrons. The predicted molar refractivity (Wildman–Crippen MR) is 157 cm³/mol. The molecule has 5 rings (SSSR count). The second-order valence-electron chi connectivity index (χ2n) is 9.63. The molecule has 2 aromatic carbocycles. The van der Waals surface area contributed by atoms with Crippen LogP contribution in [0, 0.1) is 0 Å². The molecule has 3 N–H and O–H groups in total. The molecule has 0 aliphatic carbocycles. The lowest BCUT2D eigenvalue weighted by Gasteiger charge is -2.18. The Bertz CT molecular complexity index is 1560. The summed E-state index contributed by atoms with van der Waals surface area (Å²) in [4.78, 5) is 26.0. The predicted octanol–water partition coefficient (Wildman–Crippen LogP) is 5.32. The normalized spacial score (nSPS) is 14.8. The first kappa shape index (κ1) is 28.4. The number of fused-ring (bicyclic) bond motifs is 1. The van der Waals surface area contributed by atoms with Crippen LogP contribution in [0.5, 0.6) is 17.6 Å². The van der Waals surface area contributed by atoms with Crippen LogP contribution < -0.4 is 24.2 Å². The first-order valence-electron chi connectivity index (χ1n) is 13.0. The number of pyridine rings is 1. The number of ether oxygens (including phenoxy) is 4. The highest BCUT2D eigenvalue weighted by Crippen LogP contribution is 2.38. The number of methoxy groups -OCH3 is 2. The molecule has 41 heavy (non-hydrogen) atoms. The zero-order valence-electron chi connectivity index (χ0n) is 23.1. The van der Waals surface area contributed by atoms with E-state index >= 15 is 0 Å². The number of hydrogen-bond acceptors (Lipinski definition) is 11. The van der Waals surface area contributed by atoms with Crippen LogP contribution in [0.25, 0.3) is 22.0 Å². The molecular weight excluding hydrogens is 546 g/mol. The van der Waals surface area contributed by atoms with Gasteiger partial charge in [0.15, 0.2) is 0 Å². The van der Waals surface area contributed by atoms with E-state index in [-0.39, 0.29) is 23.7 Å². The standard InChI is InChI=1S/C29H31N5O6S/c1-16(2)40-21-10-18(28(35)36)9-20(12-21)32-26-22-6-5-17(23-13-31-29(38-4)33-27(23)37-3)11-24(22)30-14-25(26)41-34-19-7-8-39-15-19/h5-6,9-14,16,19,34H,7-8,15H2,1-4H3,(H,30,32)(H,35,36). The van der Waals surface area contributed by atoms with Gasteiger partial charge in [0.2, 0.25) is 5.88 Å². The van der Waals surface area contributed by atoms with Gasteiger partial charge in [-0.25, -0.2) is 9.78 Å². The molecule has 3 heterocycles. The topological polar surface area (TPSA) is 137 Å². The molecule has 4 aromatic rings. The average Bonchev–Trinajstić information content (AvgIpc) is 3.49. The Morgan fingerprint density at radius 1 is 1.12 bits per heavy atom. The molecule has 1 unspecified atom stereocenters. The van der Waals surface area contributed by atoms with Crippen molar-refractivity contribution in [2.45, 2.75) is 37.3 Å². The highest BCUT2D eigenvalue weighted by molar-refractivity contribution is 7.97. The molecule has 11 nitrogen and oxygen atoms in total. The number of hydrogen-bond donors (Lipinski definition) is 3. The summed E-state index contributed by atoms with van der Waals surface area (Å²) in [5, 5.41) is 14.0. The number of carboxylic acid groups (broad SMARTS) is 1. The summed E-state index contributed by atoms with van der Waals surface area (Å²) in [6, 6.07) is 11.2. The van der Waals surface area contributed by atoms with Gasteiger partial charge >= 0.3 is 12.0 Å². The van der Waals surface area contributed by atoms with Crippen molar-refractivity contribution in [1.29, 1.82) is 0 Å². The van der Waals surface area contributed by atoms with Crippen molar-refractivity contribution in [3.63, 3.8) is 0 Å². The maximum atomic E-state index is 11.9. The van der Waals surface area contributed by atoms with Crippen LogP contribution in [0.15, 0.2) is 53.7 Å². The van der Waals surface area contributed by atoms with E-state index in [1.807, 2.05) is 32.0 Å². The third kappa shape index (κ3) is 6.62. The highest BCUT2D eigenvalue weighted by Gasteiger charge is 2.19. The second-order valence-corrected chi connectivity index (χ2v) is 10.5. The number of carboxylic acids is 1. The maximum Gasteiger partial charge on any atom is 0.335 e. The summed E-state index contributed by atoms with van der Waals surface area (Å²) in [5.74, 6) is -0.197. The van der Waals surface area contributed by atoms with E-state index in [0.717, 1.165) is 34.6 Å². The van der Waals surface area contributed by atoms with E-state index in [2.05, 4.69) is 20.0 Å². The number of carbonyl (C=O) groups is 1. The number of nitrogens with zero attached hydrogens (tertiary/aromatic N) is 3. The van der Waals surface area contributed by atoms with Gasteiger partial charge in [0, 0.05) is 42.2 Å². The summed E-state index contributed by atoms with van der Waals surface area (Å²) in [7, 11) is 3.04. The van der Waals surface area contributed by atoms with Gasteiger partial charge in [-0.3, -0.25) is 9.71 Å². The molecule has 1 aliphatic heterocycles. The first-order valence-corrected chi connectivity index (χ1v) is 13.9. The summed E-state index contributed by atoms with van der Waals surface area (Å²) in [5.41, 5.74) is 3.69. The van der Waals surface area contributed by atoms with Crippen LogP contribution in [-0.4, -0.2) is 65.6 Å². The Balaban J connectivity index is 1.58. The summed E-state index contributed by atoms with van der Waals surface area (Å²) >= 11 is 1.46. The monoisotopic (exact) mass is 577 g/mol. The third-order valence-corrected chi connectivity index (χ3v) is 7.29. The fraction of sp³-hybridized carbons (Fsp3) is 0.310. The van der Waals surface area contributed by atoms with E-state index in [1.165, 1.54) is 25.1 Å². The van der Waals surface area contributed by atoms with E-state index < -0.39 is 5.97 Å². The zero-order chi connectivity index (χ0) is 28.9. The van der Waals surface area contributed by atoms with E-state index in [9.17, 15) is 9.90 Å². The molecule has 0 saturated carbocycles. The van der Waals surface area contributed by atoms with Crippen LogP contribution in [0.2, 0.25) is 0 Å². The summed E-state index contributed by atoms with van der Waals surface area (Å²) in [6.45, 7) is 5.15. The lowest BCUT2D eigenvalue weighted by atomic mass is 10.0. The van der Waals surface area contributed by atoms with Gasteiger partial charge in [-0.15, -0.1) is 0 Å². The van der Waals surface area contributed by atoms with Crippen molar-refractivity contribution < 1.29 is 28.8 Å². The largest absolute Gasteiger partial charge is 0.491 e. The molecular formula is C29H31N5O6S. The molecule has 2 aromatic heterocycles. The van der Waals surface area contributed by atoms with E-state index in [1.54, 1.807) is 31.6 Å². The highest BCUT2D eigenvalue weighted by atomic mass is 32.2. The molecule has 214 valence electrons. The SMILES string of the molecule is COc1ncc(-c2ccc3c(Nc4cc(OC(C)C)cc(C(=O)O)c4)c(SNC4CCOC4)cnc3c2)c(OC)n1. The molecule has 1 saturated heterocycles. The van der Waals surface area contributed by atoms with Crippen LogP contribution in [0.3, 0.4) is 0 Å². The van der Waals surface area contributed by atoms with Gasteiger partial charge in [0.25, 0.3) is 0 Å². The second kappa shape index (κ2) is 12.6. The molecule has 1 aliphatic rings. The van der Waals surface area contributed by atoms with Crippen LogP contribution >= 0.6 is 11.9 Å². The van der Waals surface area contributed by atoms with E-state index in [0.29, 0.717) is 35.0 Å². The molecule has 12 heteroatoms. The maximum absolute atomic E-state index is 11.9. The molecule has 0 amide bonds. The first-order chi connectivity index (χ1) is 19.8. The van der Waals surface area contributed by atoms with Crippen molar-refractivity contribution in [2.75, 3.05) is 32.8 Å². The molecule has 0 spiro atoms. The fourth-order valence-corrected chi connectivity index (χ4v) is 5.25. The summed E-state index contributed by atoms with van der Waals surface area (Å²) in [6.07, 6.45) is 4.24. The van der Waals surface area contributed by atoms with Crippen molar-refractivity contribution in [1.82, 2.24) is 19.7 Å². The number of nitrogens with one attached hydrogen (secondary N) is 2. The Kier molecular flexibility index (Phi) is 8.72. The number of aromatic nitrogens is 3. The molecule has 1 atom stereocenters. The van der Waals surface area contributed by atoms with Gasteiger partial charge in [-0.05, 0) is 56.0 Å². The van der Waals surface area contributed by atoms with E-state index in [4.69, 9.17) is 23.9 Å². The Labute approximate surface area is 241 Å². The van der Waals surface area contributed by atoms with Crippen LogP contribution in [0.1, 0.15) is 30.6 Å². The van der Waals surface area contributed by atoms with Crippen molar-refractivity contribution in [3.05, 3.63) is 54.4 Å². The Morgan fingerprint density at radius 2 is 1.98 bits per heavy atom. The quantitative estimate of drug-likeness (QED) is 0.199. The van der Waals surface area contributed by atoms with Crippen LogP contribution in [-0.2, 0) is 4.74 Å². The number of rotatable bonds is 11. The average molecular weight is 578 g/mol. The van der Waals surface area contributed by atoms with Crippen molar-refractivity contribution in [3.8, 4) is 28.8 Å². The number of benzene rings is 2. The summed E-state index contributed by atoms with van der Waals surface area (Å²) < 4.78 is 25.4. The third-order valence-electron chi connectivity index (χ3n) is 6.31.